The number of nitrogens with zero attached hydrogens (tertiary/aromatic N) is 1. The summed E-state index contributed by atoms with van der Waals surface area (Å²) in [5.74, 6) is -0.938. The van der Waals surface area contributed by atoms with Crippen LogP contribution in [0.2, 0.25) is 36.3 Å². The molecule has 0 saturated heterocycles. The van der Waals surface area contributed by atoms with Crippen molar-refractivity contribution in [2.45, 2.75) is 156 Å². The first-order chi connectivity index (χ1) is 30.5. The Kier molecular flexibility index (Phi) is 20.4. The molecular formula is C48H75N5O10Si2. The number of methoxy groups -OCH3 is 1. The van der Waals surface area contributed by atoms with Gasteiger partial charge in [0.1, 0.15) is 24.4 Å². The van der Waals surface area contributed by atoms with Gasteiger partial charge in [0, 0.05) is 18.0 Å². The van der Waals surface area contributed by atoms with E-state index >= 15 is 0 Å². The molecule has 0 saturated carbocycles. The van der Waals surface area contributed by atoms with Crippen LogP contribution in [0.5, 0.6) is 11.5 Å². The summed E-state index contributed by atoms with van der Waals surface area (Å²) >= 11 is 0. The van der Waals surface area contributed by atoms with E-state index in [1.165, 1.54) is 6.92 Å². The Bertz CT molecular complexity index is 2000. The quantitative estimate of drug-likeness (QED) is 0.0670. The summed E-state index contributed by atoms with van der Waals surface area (Å²) < 4.78 is 25.3. The first-order valence-corrected chi connectivity index (χ1v) is 28.3. The number of benzene rings is 2. The lowest BCUT2D eigenvalue weighted by Crippen LogP contribution is -2.53. The molecule has 0 radical (unpaired) electrons. The van der Waals surface area contributed by atoms with Crippen molar-refractivity contribution in [3.63, 3.8) is 0 Å². The molecule has 5 amide bonds. The molecule has 2 aromatic rings. The van der Waals surface area contributed by atoms with Gasteiger partial charge >= 0.3 is 12.2 Å². The lowest BCUT2D eigenvalue weighted by atomic mass is 10.0. The summed E-state index contributed by atoms with van der Waals surface area (Å²) in [4.78, 5) is 67.0. The highest BCUT2D eigenvalue weighted by Crippen LogP contribution is 2.41. The number of ether oxygens (including phenoxy) is 2. The molecule has 0 fully saturated rings. The summed E-state index contributed by atoms with van der Waals surface area (Å²) in [6, 6.07) is 10.5. The molecule has 360 valence electrons. The summed E-state index contributed by atoms with van der Waals surface area (Å²) in [7, 11) is -2.92. The first-order valence-electron chi connectivity index (χ1n) is 22.9. The average Bonchev–Trinajstić information content (AvgIpc) is 3.64. The predicted molar refractivity (Wildman–Crippen MR) is 262 cm³/mol. The van der Waals surface area contributed by atoms with E-state index in [1.54, 1.807) is 62.3 Å². The van der Waals surface area contributed by atoms with Crippen molar-refractivity contribution in [2.75, 3.05) is 24.4 Å². The topological polar surface area (TPSA) is 194 Å². The van der Waals surface area contributed by atoms with Crippen molar-refractivity contribution in [1.29, 1.82) is 0 Å². The molecule has 3 atom stereocenters. The minimum Gasteiger partial charge on any atom is -0.541 e. The lowest BCUT2D eigenvalue weighted by Gasteiger charge is -2.38. The number of nitrogens with one attached hydrogen (secondary N) is 4. The van der Waals surface area contributed by atoms with E-state index in [4.69, 9.17) is 23.4 Å². The van der Waals surface area contributed by atoms with Crippen molar-refractivity contribution >= 4 is 57.9 Å². The van der Waals surface area contributed by atoms with Gasteiger partial charge in [0.25, 0.3) is 14.2 Å². The van der Waals surface area contributed by atoms with Crippen LogP contribution >= 0.6 is 0 Å². The van der Waals surface area contributed by atoms with E-state index in [2.05, 4.69) is 75.9 Å². The highest BCUT2D eigenvalue weighted by Gasteiger charge is 2.40. The number of hydrogen-bond acceptors (Lipinski definition) is 9. The van der Waals surface area contributed by atoms with E-state index in [9.17, 15) is 24.0 Å². The van der Waals surface area contributed by atoms with Crippen LogP contribution in [0, 0.1) is 5.92 Å². The molecule has 17 heteroatoms. The fourth-order valence-corrected chi connectivity index (χ4v) is 13.0. The third kappa shape index (κ3) is 15.5. The van der Waals surface area contributed by atoms with Gasteiger partial charge in [-0.25, -0.2) is 9.59 Å². The van der Waals surface area contributed by atoms with E-state index in [1.807, 2.05) is 25.3 Å². The normalized spacial score (nSPS) is 15.3. The zero-order valence-electron chi connectivity index (χ0n) is 40.9. The highest BCUT2D eigenvalue weighted by molar-refractivity contribution is 6.74. The van der Waals surface area contributed by atoms with Crippen LogP contribution in [-0.4, -0.2) is 88.4 Å². The van der Waals surface area contributed by atoms with E-state index < -0.39 is 52.7 Å². The minimum absolute atomic E-state index is 0.0218. The number of hydrogen-bond donors (Lipinski definition) is 5. The summed E-state index contributed by atoms with van der Waals surface area (Å²) in [5.41, 5.74) is 2.46. The molecule has 5 N–H and O–H groups in total. The van der Waals surface area contributed by atoms with Crippen LogP contribution in [0.1, 0.15) is 111 Å². The molecule has 15 nitrogen and oxygen atoms in total. The predicted octanol–water partition coefficient (Wildman–Crippen LogP) is 10.4. The maximum absolute atomic E-state index is 14.8. The fourth-order valence-electron chi connectivity index (χ4n) is 7.53. The maximum atomic E-state index is 14.8. The van der Waals surface area contributed by atoms with Gasteiger partial charge in [-0.05, 0) is 91.8 Å². The lowest BCUT2D eigenvalue weighted by molar-refractivity contribution is -0.128. The second kappa shape index (κ2) is 24.4. The van der Waals surface area contributed by atoms with Crippen molar-refractivity contribution in [3.8, 4) is 11.5 Å². The van der Waals surface area contributed by atoms with Crippen molar-refractivity contribution < 1.29 is 47.4 Å². The smallest absolute Gasteiger partial charge is 0.411 e. The molecule has 1 aliphatic heterocycles. The maximum Gasteiger partial charge on any atom is 0.411 e. The molecular weight excluding hydrogens is 863 g/mol. The Balaban J connectivity index is 1.92. The third-order valence-electron chi connectivity index (χ3n) is 12.0. The third-order valence-corrected chi connectivity index (χ3v) is 21.4. The second-order valence-electron chi connectivity index (χ2n) is 18.7. The minimum atomic E-state index is -2.31. The Labute approximate surface area is 388 Å². The number of anilines is 2. The standard InChI is InChI=1S/C48H75N5O10Si2/c1-14-18-35-26-37(31-62-64(12,13)48(8,9)10)53(29-35)45(56)38-27-40(60-11)41(63-65(23-15-2,24-16-3)25-17-4)28-39(38)51-47(59)61-30-34-19-21-36(22-20-34)50-43(54)33(7)49-44(55)42(32(5)6)52-46(57)58/h14,18-22,27-29,32-33,37,42,52H,15-17,23-26,30-31H2,1-13H3,(H,49,55)(H,50,54)(H,51,59)(H,57,58)/b18-14+/t33?,37-,42?/m0/s1. The fraction of sp³-hybridized carbons (Fsp3) is 0.562. The van der Waals surface area contributed by atoms with E-state index in [-0.39, 0.29) is 40.8 Å². The van der Waals surface area contributed by atoms with Crippen molar-refractivity contribution in [1.82, 2.24) is 15.5 Å². The van der Waals surface area contributed by atoms with E-state index in [0.29, 0.717) is 35.8 Å². The number of rotatable bonds is 23. The summed E-state index contributed by atoms with van der Waals surface area (Å²) in [6.07, 6.45) is 7.17. The van der Waals surface area contributed by atoms with Crippen LogP contribution in [-0.2, 0) is 25.4 Å². The van der Waals surface area contributed by atoms with Gasteiger partial charge in [0.15, 0.2) is 14.1 Å². The molecule has 1 aliphatic rings. The molecule has 3 rings (SSSR count). The Morgan fingerprint density at radius 1 is 0.892 bits per heavy atom. The zero-order chi connectivity index (χ0) is 48.7. The summed E-state index contributed by atoms with van der Waals surface area (Å²) in [5, 5.41) is 19.4. The van der Waals surface area contributed by atoms with Gasteiger partial charge < -0.3 is 44.3 Å². The van der Waals surface area contributed by atoms with Gasteiger partial charge in [-0.1, -0.05) is 98.9 Å². The van der Waals surface area contributed by atoms with Gasteiger partial charge in [-0.15, -0.1) is 0 Å². The van der Waals surface area contributed by atoms with Crippen LogP contribution in [0.25, 0.3) is 0 Å². The van der Waals surface area contributed by atoms with Crippen LogP contribution < -0.4 is 30.4 Å². The number of amides is 5. The molecule has 0 aliphatic carbocycles. The van der Waals surface area contributed by atoms with Crippen molar-refractivity contribution in [2.24, 2.45) is 5.92 Å². The molecule has 0 aromatic heterocycles. The molecule has 2 aromatic carbocycles. The Morgan fingerprint density at radius 3 is 2.03 bits per heavy atom. The number of carboxylic acid groups (broad SMARTS) is 1. The number of carbonyl (C=O) groups excluding carboxylic acids is 4. The molecule has 0 bridgehead atoms. The number of allylic oxidation sites excluding steroid dienone is 2. The Morgan fingerprint density at radius 2 is 1.51 bits per heavy atom. The highest BCUT2D eigenvalue weighted by atomic mass is 28.4. The van der Waals surface area contributed by atoms with Gasteiger partial charge in [0.05, 0.1) is 31.0 Å². The molecule has 65 heavy (non-hydrogen) atoms. The van der Waals surface area contributed by atoms with Crippen molar-refractivity contribution in [3.05, 3.63) is 71.5 Å². The summed E-state index contributed by atoms with van der Waals surface area (Å²) in [6.45, 7) is 24.5. The van der Waals surface area contributed by atoms with E-state index in [0.717, 1.165) is 43.0 Å². The number of carbonyl (C=O) groups is 5. The second-order valence-corrected chi connectivity index (χ2v) is 27.6. The van der Waals surface area contributed by atoms with Crippen LogP contribution in [0.4, 0.5) is 21.0 Å². The average molecular weight is 938 g/mol. The molecule has 0 spiro atoms. The van der Waals surface area contributed by atoms with Gasteiger partial charge in [-0.2, -0.15) is 0 Å². The molecule has 1 heterocycles. The van der Waals surface area contributed by atoms with Gasteiger partial charge in [-0.3, -0.25) is 19.7 Å². The monoisotopic (exact) mass is 938 g/mol. The Hall–Kier alpha value is -5.14. The SMILES string of the molecule is C/C=C/C1=CN(C(=O)c2cc(OC)c(O[Si](CCC)(CCC)CCC)cc2NC(=O)OCc2ccc(NC(=O)C(C)NC(=O)C(NC(=O)O)C(C)C)cc2)[C@H](CO[Si](C)(C)C(C)(C)C)C1. The first kappa shape index (κ1) is 54.2. The van der Waals surface area contributed by atoms with Crippen LogP contribution in [0.3, 0.4) is 0 Å². The molecule has 2 unspecified atom stereocenters. The van der Waals surface area contributed by atoms with Crippen LogP contribution in [0.15, 0.2) is 60.3 Å². The zero-order valence-corrected chi connectivity index (χ0v) is 42.9. The largest absolute Gasteiger partial charge is 0.541 e. The van der Waals surface area contributed by atoms with Gasteiger partial charge in [0.2, 0.25) is 11.8 Å².